The molecule has 17 heavy (non-hydrogen) atoms. The second-order valence-corrected chi connectivity index (χ2v) is 3.63. The third-order valence-corrected chi connectivity index (χ3v) is 2.30. The van der Waals surface area contributed by atoms with E-state index >= 15 is 0 Å². The van der Waals surface area contributed by atoms with Gasteiger partial charge in [0.15, 0.2) is 0 Å². The van der Waals surface area contributed by atoms with Gasteiger partial charge in [0, 0.05) is 12.4 Å². The first kappa shape index (κ1) is 11.3. The minimum absolute atomic E-state index is 0.0479. The van der Waals surface area contributed by atoms with Crippen LogP contribution in [0.25, 0.3) is 0 Å². The Morgan fingerprint density at radius 3 is 2.82 bits per heavy atom. The highest BCUT2D eigenvalue weighted by atomic mass is 35.5. The van der Waals surface area contributed by atoms with Gasteiger partial charge in [0.1, 0.15) is 5.82 Å². The first-order chi connectivity index (χ1) is 8.16. The van der Waals surface area contributed by atoms with Crippen LogP contribution in [0.5, 0.6) is 0 Å². The molecular formula is C11H8ClN3O2. The van der Waals surface area contributed by atoms with Crippen molar-refractivity contribution in [2.24, 2.45) is 0 Å². The third kappa shape index (κ3) is 2.70. The average molecular weight is 250 g/mol. The van der Waals surface area contributed by atoms with Crippen LogP contribution in [0.15, 0.2) is 36.8 Å². The van der Waals surface area contributed by atoms with Gasteiger partial charge < -0.3 is 10.4 Å². The van der Waals surface area contributed by atoms with Crippen LogP contribution in [0, 0.1) is 0 Å². The van der Waals surface area contributed by atoms with Crippen molar-refractivity contribution in [1.82, 2.24) is 9.97 Å². The Morgan fingerprint density at radius 2 is 2.24 bits per heavy atom. The van der Waals surface area contributed by atoms with Crippen molar-refractivity contribution in [1.29, 1.82) is 0 Å². The van der Waals surface area contributed by atoms with Crippen molar-refractivity contribution in [2.45, 2.75) is 0 Å². The molecule has 0 unspecified atom stereocenters. The molecule has 0 aliphatic heterocycles. The third-order valence-electron chi connectivity index (χ3n) is 2.01. The lowest BCUT2D eigenvalue weighted by molar-refractivity contribution is 0.0696. The van der Waals surface area contributed by atoms with E-state index in [-0.39, 0.29) is 10.6 Å². The van der Waals surface area contributed by atoms with Crippen molar-refractivity contribution >= 4 is 29.1 Å². The highest BCUT2D eigenvalue weighted by Gasteiger charge is 2.08. The lowest BCUT2D eigenvalue weighted by atomic mass is 10.3. The van der Waals surface area contributed by atoms with Crippen LogP contribution in [-0.4, -0.2) is 21.0 Å². The Bertz CT molecular complexity index is 546. The number of aromatic carboxylic acids is 1. The maximum atomic E-state index is 10.7. The second kappa shape index (κ2) is 4.80. The topological polar surface area (TPSA) is 75.1 Å². The molecule has 0 radical (unpaired) electrons. The first-order valence-electron chi connectivity index (χ1n) is 4.72. The van der Waals surface area contributed by atoms with Gasteiger partial charge in [-0.25, -0.2) is 9.78 Å². The minimum Gasteiger partial charge on any atom is -0.478 e. The van der Waals surface area contributed by atoms with E-state index in [0.29, 0.717) is 5.82 Å². The fraction of sp³-hybridized carbons (Fsp3) is 0. The van der Waals surface area contributed by atoms with E-state index in [2.05, 4.69) is 15.3 Å². The Kier molecular flexibility index (Phi) is 3.20. The number of aromatic nitrogens is 2. The van der Waals surface area contributed by atoms with E-state index in [1.165, 1.54) is 12.3 Å². The summed E-state index contributed by atoms with van der Waals surface area (Å²) in [6, 6.07) is 4.91. The Labute approximate surface area is 102 Å². The summed E-state index contributed by atoms with van der Waals surface area (Å²) in [6.45, 7) is 0. The molecular weight excluding hydrogens is 242 g/mol. The minimum atomic E-state index is -1.06. The van der Waals surface area contributed by atoms with Crippen LogP contribution in [0.2, 0.25) is 5.02 Å². The number of nitrogens with one attached hydrogen (secondary N) is 1. The lowest BCUT2D eigenvalue weighted by Crippen LogP contribution is -2.00. The quantitative estimate of drug-likeness (QED) is 0.874. The van der Waals surface area contributed by atoms with Gasteiger partial charge >= 0.3 is 5.97 Å². The van der Waals surface area contributed by atoms with E-state index < -0.39 is 5.97 Å². The summed E-state index contributed by atoms with van der Waals surface area (Å²) in [6.07, 6.45) is 4.50. The molecule has 2 aromatic rings. The monoisotopic (exact) mass is 249 g/mol. The van der Waals surface area contributed by atoms with Gasteiger partial charge in [-0.15, -0.1) is 0 Å². The molecule has 2 rings (SSSR count). The van der Waals surface area contributed by atoms with Crippen LogP contribution in [0.3, 0.4) is 0 Å². The SMILES string of the molecule is O=C(O)c1cnc(Nc2cccnc2)c(Cl)c1. The van der Waals surface area contributed by atoms with Crippen molar-refractivity contribution < 1.29 is 9.90 Å². The molecule has 0 saturated carbocycles. The Balaban J connectivity index is 2.26. The zero-order chi connectivity index (χ0) is 12.3. The van der Waals surface area contributed by atoms with Crippen LogP contribution >= 0.6 is 11.6 Å². The van der Waals surface area contributed by atoms with Gasteiger partial charge in [0.25, 0.3) is 0 Å². The van der Waals surface area contributed by atoms with Gasteiger partial charge in [0.2, 0.25) is 0 Å². The molecule has 0 aliphatic rings. The molecule has 5 nitrogen and oxygen atoms in total. The van der Waals surface area contributed by atoms with Gasteiger partial charge in [-0.05, 0) is 18.2 Å². The number of rotatable bonds is 3. The number of carbonyl (C=O) groups is 1. The van der Waals surface area contributed by atoms with Crippen molar-refractivity contribution in [3.05, 3.63) is 47.4 Å². The molecule has 0 atom stereocenters. The number of hydrogen-bond donors (Lipinski definition) is 2. The van der Waals surface area contributed by atoms with E-state index in [4.69, 9.17) is 16.7 Å². The highest BCUT2D eigenvalue weighted by Crippen LogP contribution is 2.23. The fourth-order valence-corrected chi connectivity index (χ4v) is 1.43. The molecule has 0 aliphatic carbocycles. The molecule has 0 fully saturated rings. The molecule has 86 valence electrons. The summed E-state index contributed by atoms with van der Waals surface area (Å²) in [4.78, 5) is 18.6. The van der Waals surface area contributed by atoms with E-state index in [0.717, 1.165) is 5.69 Å². The fourth-order valence-electron chi connectivity index (χ4n) is 1.22. The van der Waals surface area contributed by atoms with E-state index in [1.54, 1.807) is 24.5 Å². The second-order valence-electron chi connectivity index (χ2n) is 3.23. The first-order valence-corrected chi connectivity index (χ1v) is 5.10. The molecule has 0 aromatic carbocycles. The standard InChI is InChI=1S/C11H8ClN3O2/c12-9-4-7(11(16)17)5-14-10(9)15-8-2-1-3-13-6-8/h1-6H,(H,14,15)(H,16,17). The highest BCUT2D eigenvalue weighted by molar-refractivity contribution is 6.33. The van der Waals surface area contributed by atoms with Crippen molar-refractivity contribution in [2.75, 3.05) is 5.32 Å². The molecule has 0 bridgehead atoms. The summed E-state index contributed by atoms with van der Waals surface area (Å²) in [5, 5.41) is 11.9. The molecule has 2 N–H and O–H groups in total. The number of hydrogen-bond acceptors (Lipinski definition) is 4. The predicted molar refractivity (Wildman–Crippen MR) is 63.7 cm³/mol. The van der Waals surface area contributed by atoms with Crippen LogP contribution < -0.4 is 5.32 Å². The zero-order valence-corrected chi connectivity index (χ0v) is 9.35. The largest absolute Gasteiger partial charge is 0.478 e. The van der Waals surface area contributed by atoms with Gasteiger partial charge in [-0.2, -0.15) is 0 Å². The van der Waals surface area contributed by atoms with Crippen LogP contribution in [0.4, 0.5) is 11.5 Å². The maximum Gasteiger partial charge on any atom is 0.337 e. The normalized spacial score (nSPS) is 9.94. The Morgan fingerprint density at radius 1 is 1.41 bits per heavy atom. The summed E-state index contributed by atoms with van der Waals surface area (Å²) in [5.41, 5.74) is 0.775. The van der Waals surface area contributed by atoms with Gasteiger partial charge in [0.05, 0.1) is 22.5 Å². The molecule has 6 heteroatoms. The van der Waals surface area contributed by atoms with Gasteiger partial charge in [-0.3, -0.25) is 4.98 Å². The van der Waals surface area contributed by atoms with Gasteiger partial charge in [-0.1, -0.05) is 11.6 Å². The molecule has 0 amide bonds. The van der Waals surface area contributed by atoms with Crippen molar-refractivity contribution in [3.8, 4) is 0 Å². The lowest BCUT2D eigenvalue weighted by Gasteiger charge is -2.06. The number of nitrogens with zero attached hydrogens (tertiary/aromatic N) is 2. The molecule has 2 heterocycles. The van der Waals surface area contributed by atoms with Crippen LogP contribution in [0.1, 0.15) is 10.4 Å². The number of halogens is 1. The van der Waals surface area contributed by atoms with Crippen LogP contribution in [-0.2, 0) is 0 Å². The summed E-state index contributed by atoms with van der Waals surface area (Å²) >= 11 is 5.91. The predicted octanol–water partition coefficient (Wildman–Crippen LogP) is 2.57. The maximum absolute atomic E-state index is 10.7. The summed E-state index contributed by atoms with van der Waals surface area (Å²) in [7, 11) is 0. The molecule has 2 aromatic heterocycles. The van der Waals surface area contributed by atoms with Crippen molar-refractivity contribution in [3.63, 3.8) is 0 Å². The number of carboxylic acids is 1. The molecule has 0 spiro atoms. The Hall–Kier alpha value is -2.14. The summed E-state index contributed by atoms with van der Waals surface area (Å²) < 4.78 is 0. The zero-order valence-electron chi connectivity index (χ0n) is 8.59. The van der Waals surface area contributed by atoms with E-state index in [9.17, 15) is 4.79 Å². The average Bonchev–Trinajstić information content (AvgIpc) is 2.33. The number of anilines is 2. The number of pyridine rings is 2. The molecule has 0 saturated heterocycles. The smallest absolute Gasteiger partial charge is 0.337 e. The number of carboxylic acid groups (broad SMARTS) is 1. The summed E-state index contributed by atoms with van der Waals surface area (Å²) in [5.74, 6) is -0.669. The van der Waals surface area contributed by atoms with E-state index in [1.807, 2.05) is 0 Å².